The molecule has 1 unspecified atom stereocenters. The van der Waals surface area contributed by atoms with Crippen molar-refractivity contribution in [2.45, 2.75) is 50.5 Å². The lowest BCUT2D eigenvalue weighted by Crippen LogP contribution is -2.41. The van der Waals surface area contributed by atoms with Crippen LogP contribution in [-0.4, -0.2) is 60.4 Å². The Morgan fingerprint density at radius 3 is 1.98 bits per heavy atom. The molecule has 0 spiro atoms. The molecule has 3 aromatic carbocycles. The minimum absolute atomic E-state index is 0.448. The van der Waals surface area contributed by atoms with Gasteiger partial charge in [0.25, 0.3) is 0 Å². The van der Waals surface area contributed by atoms with Crippen LogP contribution in [0.15, 0.2) is 91.0 Å². The highest BCUT2D eigenvalue weighted by molar-refractivity contribution is 5.89. The first-order chi connectivity index (χ1) is 19.9. The number of aryl methyl sites for hydroxylation is 1. The number of ether oxygens (including phenoxy) is 2. The molecule has 0 amide bonds. The third-order valence-corrected chi connectivity index (χ3v) is 7.39. The number of carboxylic acid groups (broad SMARTS) is 2. The number of likely N-dealkylation sites (tertiary alicyclic amines) is 1. The van der Waals surface area contributed by atoms with Gasteiger partial charge in [-0.3, -0.25) is 0 Å². The van der Waals surface area contributed by atoms with Crippen LogP contribution in [0.5, 0.6) is 11.5 Å². The van der Waals surface area contributed by atoms with Gasteiger partial charge in [0.1, 0.15) is 0 Å². The highest BCUT2D eigenvalue weighted by atomic mass is 16.5. The second-order valence-electron chi connectivity index (χ2n) is 10.1. The van der Waals surface area contributed by atoms with Crippen molar-refractivity contribution in [3.05, 3.63) is 108 Å². The fourth-order valence-electron chi connectivity index (χ4n) is 5.39. The van der Waals surface area contributed by atoms with Crippen LogP contribution in [-0.2, 0) is 16.0 Å². The van der Waals surface area contributed by atoms with Crippen molar-refractivity contribution >= 4 is 11.9 Å². The Morgan fingerprint density at radius 1 is 0.854 bits per heavy atom. The summed E-state index contributed by atoms with van der Waals surface area (Å²) >= 11 is 0. The van der Waals surface area contributed by atoms with Crippen LogP contribution < -0.4 is 9.47 Å². The number of piperidine rings is 1. The van der Waals surface area contributed by atoms with E-state index in [2.05, 4.69) is 77.7 Å². The molecule has 0 radical (unpaired) electrons. The third-order valence-electron chi connectivity index (χ3n) is 7.39. The van der Waals surface area contributed by atoms with Gasteiger partial charge in [0, 0.05) is 24.1 Å². The number of methoxy groups -OCH3 is 2. The number of aliphatic carboxylic acids is 2. The summed E-state index contributed by atoms with van der Waals surface area (Å²) in [5, 5.41) is 15.6. The molecule has 7 heteroatoms. The topological polar surface area (TPSA) is 96.3 Å². The molecule has 1 atom stereocenters. The largest absolute Gasteiger partial charge is 0.493 e. The maximum atomic E-state index is 9.55. The molecule has 7 nitrogen and oxygen atoms in total. The smallest absolute Gasteiger partial charge is 0.328 e. The summed E-state index contributed by atoms with van der Waals surface area (Å²) in [4.78, 5) is 21.9. The monoisotopic (exact) mass is 559 g/mol. The highest BCUT2D eigenvalue weighted by Crippen LogP contribution is 2.34. The van der Waals surface area contributed by atoms with Gasteiger partial charge in [0.2, 0.25) is 0 Å². The van der Waals surface area contributed by atoms with Crippen molar-refractivity contribution in [2.75, 3.05) is 27.3 Å². The molecule has 0 saturated carbocycles. The number of carbonyl (C=O) groups is 2. The highest BCUT2D eigenvalue weighted by Gasteiger charge is 2.26. The molecule has 1 heterocycles. The van der Waals surface area contributed by atoms with Crippen molar-refractivity contribution in [1.29, 1.82) is 0 Å². The zero-order valence-corrected chi connectivity index (χ0v) is 23.9. The quantitative estimate of drug-likeness (QED) is 0.247. The van der Waals surface area contributed by atoms with E-state index in [-0.39, 0.29) is 0 Å². The van der Waals surface area contributed by atoms with Crippen molar-refractivity contribution < 1.29 is 29.3 Å². The predicted molar refractivity (Wildman–Crippen MR) is 161 cm³/mol. The lowest BCUT2D eigenvalue weighted by atomic mass is 9.83. The number of carboxylic acids is 2. The van der Waals surface area contributed by atoms with E-state index in [1.54, 1.807) is 14.2 Å². The minimum Gasteiger partial charge on any atom is -0.493 e. The van der Waals surface area contributed by atoms with E-state index in [9.17, 15) is 9.59 Å². The van der Waals surface area contributed by atoms with E-state index in [0.29, 0.717) is 24.1 Å². The lowest BCUT2D eigenvalue weighted by Gasteiger charge is -2.38. The van der Waals surface area contributed by atoms with Crippen LogP contribution in [0, 0.1) is 0 Å². The van der Waals surface area contributed by atoms with Gasteiger partial charge in [-0.15, -0.1) is 0 Å². The average Bonchev–Trinajstić information content (AvgIpc) is 3.00. The Bertz CT molecular complexity index is 1190. The van der Waals surface area contributed by atoms with E-state index >= 15 is 0 Å². The molecule has 3 aromatic rings. The molecule has 4 rings (SSSR count). The Balaban J connectivity index is 0.000000507. The summed E-state index contributed by atoms with van der Waals surface area (Å²) in [5.74, 6) is -0.451. The first-order valence-electron chi connectivity index (χ1n) is 14.1. The fraction of sp³-hybridized carbons (Fsp3) is 0.353. The Hall–Kier alpha value is -4.10. The third kappa shape index (κ3) is 10.4. The van der Waals surface area contributed by atoms with E-state index in [0.717, 1.165) is 30.9 Å². The van der Waals surface area contributed by atoms with Crippen molar-refractivity contribution in [3.8, 4) is 11.5 Å². The molecular formula is C34H41NO6. The van der Waals surface area contributed by atoms with E-state index in [4.69, 9.17) is 19.7 Å². The summed E-state index contributed by atoms with van der Waals surface area (Å²) < 4.78 is 10.9. The van der Waals surface area contributed by atoms with Crippen molar-refractivity contribution in [1.82, 2.24) is 4.90 Å². The molecule has 2 N–H and O–H groups in total. The van der Waals surface area contributed by atoms with Crippen LogP contribution in [0.2, 0.25) is 0 Å². The van der Waals surface area contributed by atoms with Gasteiger partial charge < -0.3 is 24.6 Å². The van der Waals surface area contributed by atoms with Gasteiger partial charge >= 0.3 is 11.9 Å². The Kier molecular flexibility index (Phi) is 12.9. The maximum absolute atomic E-state index is 9.55. The number of rotatable bonds is 12. The molecule has 1 fully saturated rings. The van der Waals surface area contributed by atoms with Crippen molar-refractivity contribution in [2.24, 2.45) is 0 Å². The van der Waals surface area contributed by atoms with Gasteiger partial charge in [-0.25, -0.2) is 9.59 Å². The molecule has 0 aliphatic carbocycles. The van der Waals surface area contributed by atoms with Gasteiger partial charge in [0.05, 0.1) is 14.2 Å². The summed E-state index contributed by atoms with van der Waals surface area (Å²) in [7, 11) is 3.39. The van der Waals surface area contributed by atoms with Crippen LogP contribution in [0.25, 0.3) is 0 Å². The minimum atomic E-state index is -1.26. The van der Waals surface area contributed by atoms with Crippen LogP contribution in [0.1, 0.15) is 54.7 Å². The first kappa shape index (κ1) is 31.4. The first-order valence-corrected chi connectivity index (χ1v) is 14.1. The molecule has 1 aliphatic rings. The average molecular weight is 560 g/mol. The van der Waals surface area contributed by atoms with Gasteiger partial charge in [-0.05, 0) is 74.0 Å². The Labute approximate surface area is 243 Å². The van der Waals surface area contributed by atoms with E-state index in [1.165, 1.54) is 48.9 Å². The van der Waals surface area contributed by atoms with Crippen molar-refractivity contribution in [3.63, 3.8) is 0 Å². The summed E-state index contributed by atoms with van der Waals surface area (Å²) in [6, 6.07) is 29.0. The van der Waals surface area contributed by atoms with Crippen LogP contribution >= 0.6 is 0 Å². The molecule has 1 aliphatic heterocycles. The second-order valence-corrected chi connectivity index (χ2v) is 10.1. The fourth-order valence-corrected chi connectivity index (χ4v) is 5.39. The van der Waals surface area contributed by atoms with E-state index < -0.39 is 11.9 Å². The SMILES string of the molecule is COc1ccc(CCCN2CCCCC2CC(c2ccccc2)c2ccccc2)cc1OC.O=C(O)/C=C/C(=O)O. The number of hydrogen-bond acceptors (Lipinski definition) is 5. The molecule has 218 valence electrons. The van der Waals surface area contributed by atoms with Gasteiger partial charge in [0.15, 0.2) is 11.5 Å². The lowest BCUT2D eigenvalue weighted by molar-refractivity contribution is -0.134. The molecule has 41 heavy (non-hydrogen) atoms. The normalized spacial score (nSPS) is 15.2. The molecular weight excluding hydrogens is 518 g/mol. The summed E-state index contributed by atoms with van der Waals surface area (Å²) in [6.45, 7) is 2.36. The van der Waals surface area contributed by atoms with Gasteiger partial charge in [-0.2, -0.15) is 0 Å². The molecule has 0 bridgehead atoms. The van der Waals surface area contributed by atoms with Crippen LogP contribution in [0.3, 0.4) is 0 Å². The number of nitrogens with zero attached hydrogens (tertiary/aromatic N) is 1. The van der Waals surface area contributed by atoms with E-state index in [1.807, 2.05) is 6.07 Å². The Morgan fingerprint density at radius 2 is 1.44 bits per heavy atom. The standard InChI is InChI=1S/C30H37NO2.C4H4O4/c1-32-29-19-18-24(22-30(29)33-2)12-11-21-31-20-10-9-17-27(31)23-28(25-13-5-3-6-14-25)26-15-7-4-8-16-26;5-3(6)1-2-4(7)8/h3-8,13-16,18-19,22,27-28H,9-12,17,20-21,23H2,1-2H3;1-2H,(H,5,6)(H,7,8)/b;2-1+. The molecule has 0 aromatic heterocycles. The predicted octanol–water partition coefficient (Wildman–Crippen LogP) is 6.42. The summed E-state index contributed by atoms with van der Waals surface area (Å²) in [6.07, 6.45) is 8.47. The zero-order chi connectivity index (χ0) is 29.5. The zero-order valence-electron chi connectivity index (χ0n) is 23.9. The molecule has 1 saturated heterocycles. The number of benzene rings is 3. The van der Waals surface area contributed by atoms with Crippen LogP contribution in [0.4, 0.5) is 0 Å². The summed E-state index contributed by atoms with van der Waals surface area (Å²) in [5.41, 5.74) is 4.17. The second kappa shape index (κ2) is 16.9. The van der Waals surface area contributed by atoms with Gasteiger partial charge in [-0.1, -0.05) is 73.2 Å². The number of hydrogen-bond donors (Lipinski definition) is 2. The maximum Gasteiger partial charge on any atom is 0.328 e.